The van der Waals surface area contributed by atoms with Crippen molar-refractivity contribution in [1.29, 1.82) is 0 Å². The second-order valence-electron chi connectivity index (χ2n) is 5.41. The van der Waals surface area contributed by atoms with Gasteiger partial charge in [0.2, 0.25) is 0 Å². The van der Waals surface area contributed by atoms with Crippen LogP contribution in [0.5, 0.6) is 0 Å². The summed E-state index contributed by atoms with van der Waals surface area (Å²) in [6, 6.07) is 20.1. The molecule has 2 nitrogen and oxygen atoms in total. The van der Waals surface area contributed by atoms with Gasteiger partial charge < -0.3 is 10.4 Å². The van der Waals surface area contributed by atoms with Crippen molar-refractivity contribution in [2.75, 3.05) is 13.6 Å². The summed E-state index contributed by atoms with van der Waals surface area (Å²) < 4.78 is 0. The summed E-state index contributed by atoms with van der Waals surface area (Å²) in [5, 5.41) is 14.5. The van der Waals surface area contributed by atoms with Crippen LogP contribution in [0.3, 0.4) is 0 Å². The van der Waals surface area contributed by atoms with Crippen molar-refractivity contribution in [2.45, 2.75) is 18.9 Å². The third kappa shape index (κ3) is 3.27. The van der Waals surface area contributed by atoms with Crippen LogP contribution in [0.2, 0.25) is 0 Å². The fraction of sp³-hybridized carbons (Fsp3) is 0.333. The summed E-state index contributed by atoms with van der Waals surface area (Å²) >= 11 is 0. The number of aliphatic hydroxyl groups is 1. The minimum Gasteiger partial charge on any atom is -0.384 e. The van der Waals surface area contributed by atoms with Gasteiger partial charge in [-0.15, -0.1) is 0 Å². The van der Waals surface area contributed by atoms with E-state index in [-0.39, 0.29) is 5.92 Å². The van der Waals surface area contributed by atoms with E-state index in [0.717, 1.165) is 17.7 Å². The zero-order valence-electron chi connectivity index (χ0n) is 12.2. The molecule has 0 unspecified atom stereocenters. The molecule has 0 amide bonds. The third-order valence-electron chi connectivity index (χ3n) is 3.92. The predicted molar refractivity (Wildman–Crippen MR) is 83.6 cm³/mol. The first-order chi connectivity index (χ1) is 9.66. The number of nitrogens with one attached hydrogen (secondary N) is 1. The summed E-state index contributed by atoms with van der Waals surface area (Å²) in [6.45, 7) is 2.87. The summed E-state index contributed by atoms with van der Waals surface area (Å²) in [5.41, 5.74) is 1.28. The number of hydrogen-bond donors (Lipinski definition) is 2. The van der Waals surface area contributed by atoms with Gasteiger partial charge in [-0.2, -0.15) is 0 Å². The second-order valence-corrected chi connectivity index (χ2v) is 5.41. The lowest BCUT2D eigenvalue weighted by Gasteiger charge is -2.35. The lowest BCUT2D eigenvalue weighted by molar-refractivity contribution is -0.0160. The number of hydrogen-bond acceptors (Lipinski definition) is 2. The van der Waals surface area contributed by atoms with Crippen LogP contribution in [-0.4, -0.2) is 18.7 Å². The number of rotatable bonds is 6. The van der Waals surface area contributed by atoms with Gasteiger partial charge in [0.25, 0.3) is 0 Å². The summed E-state index contributed by atoms with van der Waals surface area (Å²) in [7, 11) is 1.92. The second kappa shape index (κ2) is 6.69. The Morgan fingerprint density at radius 3 is 2.10 bits per heavy atom. The first-order valence-corrected chi connectivity index (χ1v) is 7.13. The molecule has 0 fully saturated rings. The highest BCUT2D eigenvalue weighted by molar-refractivity contribution is 5.27. The maximum Gasteiger partial charge on any atom is 0.0974 e. The van der Waals surface area contributed by atoms with Crippen molar-refractivity contribution in [1.82, 2.24) is 5.32 Å². The monoisotopic (exact) mass is 269 g/mol. The molecule has 2 aromatic rings. The van der Waals surface area contributed by atoms with Gasteiger partial charge >= 0.3 is 0 Å². The Morgan fingerprint density at radius 2 is 1.55 bits per heavy atom. The molecule has 106 valence electrons. The van der Waals surface area contributed by atoms with E-state index in [9.17, 15) is 5.11 Å². The van der Waals surface area contributed by atoms with Gasteiger partial charge in [-0.3, -0.25) is 0 Å². The predicted octanol–water partition coefficient (Wildman–Crippen LogP) is 2.97. The minimum absolute atomic E-state index is 0.120. The van der Waals surface area contributed by atoms with Gasteiger partial charge in [0.05, 0.1) is 5.60 Å². The zero-order chi connectivity index (χ0) is 14.4. The van der Waals surface area contributed by atoms with Crippen LogP contribution in [0, 0.1) is 5.92 Å². The average Bonchev–Trinajstić information content (AvgIpc) is 2.49. The number of benzene rings is 2. The van der Waals surface area contributed by atoms with Crippen LogP contribution in [0.25, 0.3) is 0 Å². The first kappa shape index (κ1) is 14.8. The molecule has 0 saturated carbocycles. The molecule has 2 aromatic carbocycles. The fourth-order valence-corrected chi connectivity index (χ4v) is 2.67. The Labute approximate surface area is 121 Å². The highest BCUT2D eigenvalue weighted by Crippen LogP contribution is 2.33. The highest BCUT2D eigenvalue weighted by Gasteiger charge is 2.35. The fourth-order valence-electron chi connectivity index (χ4n) is 2.67. The third-order valence-corrected chi connectivity index (χ3v) is 3.92. The van der Waals surface area contributed by atoms with Gasteiger partial charge in [-0.05, 0) is 18.2 Å². The molecule has 2 rings (SSSR count). The molecule has 0 aliphatic heterocycles. The first-order valence-electron chi connectivity index (χ1n) is 7.13. The lowest BCUT2D eigenvalue weighted by Crippen LogP contribution is -2.40. The summed E-state index contributed by atoms with van der Waals surface area (Å²) in [4.78, 5) is 0. The summed E-state index contributed by atoms with van der Waals surface area (Å²) in [5.74, 6) is 0.120. The molecule has 2 N–H and O–H groups in total. The van der Waals surface area contributed by atoms with Gasteiger partial charge in [-0.1, -0.05) is 67.6 Å². The maximum absolute atomic E-state index is 11.3. The quantitative estimate of drug-likeness (QED) is 0.845. The van der Waals surface area contributed by atoms with Crippen LogP contribution in [0.4, 0.5) is 0 Å². The molecule has 2 heteroatoms. The van der Waals surface area contributed by atoms with Crippen molar-refractivity contribution in [3.05, 3.63) is 71.8 Å². The van der Waals surface area contributed by atoms with E-state index in [1.165, 1.54) is 0 Å². The van der Waals surface area contributed by atoms with Crippen molar-refractivity contribution in [3.63, 3.8) is 0 Å². The van der Waals surface area contributed by atoms with Crippen molar-refractivity contribution in [3.8, 4) is 0 Å². The summed E-state index contributed by atoms with van der Waals surface area (Å²) in [6.07, 6.45) is 0.626. The lowest BCUT2D eigenvalue weighted by atomic mass is 9.78. The molecule has 0 spiro atoms. The van der Waals surface area contributed by atoms with Gasteiger partial charge in [-0.25, -0.2) is 0 Å². The Morgan fingerprint density at radius 1 is 1.00 bits per heavy atom. The van der Waals surface area contributed by atoms with Crippen LogP contribution < -0.4 is 5.32 Å². The van der Waals surface area contributed by atoms with Crippen LogP contribution in [0.1, 0.15) is 18.1 Å². The van der Waals surface area contributed by atoms with Gasteiger partial charge in [0, 0.05) is 18.9 Å². The molecular formula is C18H23NO. The topological polar surface area (TPSA) is 32.3 Å². The SMILES string of the molecule is CNC[C@H](C)[C@](O)(Cc1ccccc1)c1ccccc1. The van der Waals surface area contributed by atoms with E-state index in [1.54, 1.807) is 0 Å². The molecule has 20 heavy (non-hydrogen) atoms. The molecule has 2 atom stereocenters. The van der Waals surface area contributed by atoms with E-state index in [4.69, 9.17) is 0 Å². The van der Waals surface area contributed by atoms with Crippen molar-refractivity contribution < 1.29 is 5.11 Å². The Hall–Kier alpha value is -1.64. The molecule has 0 radical (unpaired) electrons. The minimum atomic E-state index is -0.856. The van der Waals surface area contributed by atoms with E-state index >= 15 is 0 Å². The highest BCUT2D eigenvalue weighted by atomic mass is 16.3. The van der Waals surface area contributed by atoms with E-state index in [2.05, 4.69) is 24.4 Å². The molecule has 0 aromatic heterocycles. The molecule has 0 bridgehead atoms. The van der Waals surface area contributed by atoms with E-state index < -0.39 is 5.60 Å². The average molecular weight is 269 g/mol. The van der Waals surface area contributed by atoms with Gasteiger partial charge in [0.1, 0.15) is 0 Å². The van der Waals surface area contributed by atoms with E-state index in [1.807, 2.05) is 55.6 Å². The zero-order valence-corrected chi connectivity index (χ0v) is 12.2. The Bertz CT molecular complexity index is 511. The van der Waals surface area contributed by atoms with Crippen molar-refractivity contribution in [2.24, 2.45) is 5.92 Å². The van der Waals surface area contributed by atoms with Crippen molar-refractivity contribution >= 4 is 0 Å². The smallest absolute Gasteiger partial charge is 0.0974 e. The van der Waals surface area contributed by atoms with Gasteiger partial charge in [0.15, 0.2) is 0 Å². The van der Waals surface area contributed by atoms with E-state index in [0.29, 0.717) is 6.42 Å². The molecule has 0 aliphatic rings. The molecule has 0 heterocycles. The Balaban J connectivity index is 2.34. The normalized spacial score (nSPS) is 15.6. The van der Waals surface area contributed by atoms with Crippen LogP contribution >= 0.6 is 0 Å². The Kier molecular flexibility index (Phi) is 4.94. The maximum atomic E-state index is 11.3. The van der Waals surface area contributed by atoms with Crippen LogP contribution in [0.15, 0.2) is 60.7 Å². The molecule has 0 aliphatic carbocycles. The molecular weight excluding hydrogens is 246 g/mol. The van der Waals surface area contributed by atoms with Crippen LogP contribution in [-0.2, 0) is 12.0 Å². The standard InChI is InChI=1S/C18H23NO/c1-15(14-19-2)18(20,17-11-7-4-8-12-17)13-16-9-5-3-6-10-16/h3-12,15,19-20H,13-14H2,1-2H3/t15-,18+/m0/s1. The molecule has 0 saturated heterocycles. The largest absolute Gasteiger partial charge is 0.384 e.